The third kappa shape index (κ3) is 2.92. The van der Waals surface area contributed by atoms with Gasteiger partial charge >= 0.3 is 0 Å². The van der Waals surface area contributed by atoms with E-state index >= 15 is 0 Å². The predicted octanol–water partition coefficient (Wildman–Crippen LogP) is 4.33. The lowest BCUT2D eigenvalue weighted by Gasteiger charge is -2.33. The van der Waals surface area contributed by atoms with Crippen molar-refractivity contribution in [1.29, 1.82) is 0 Å². The minimum atomic E-state index is 0.0652. The van der Waals surface area contributed by atoms with E-state index in [4.69, 9.17) is 0 Å². The highest BCUT2D eigenvalue weighted by atomic mass is 16.2. The largest absolute Gasteiger partial charge is 0.335 e. The van der Waals surface area contributed by atoms with E-state index in [1.807, 2.05) is 53.9 Å². The zero-order valence-electron chi connectivity index (χ0n) is 15.2. The van der Waals surface area contributed by atoms with Crippen molar-refractivity contribution in [2.45, 2.75) is 32.2 Å². The molecule has 4 heteroatoms. The Kier molecular flexibility index (Phi) is 4.33. The monoisotopic (exact) mass is 345 g/mol. The lowest BCUT2D eigenvalue weighted by atomic mass is 9.87. The fourth-order valence-corrected chi connectivity index (χ4v) is 3.86. The Morgan fingerprint density at radius 1 is 1.12 bits per heavy atom. The number of aryl methyl sites for hydroxylation is 2. The molecule has 0 spiro atoms. The topological polar surface area (TPSA) is 38.1 Å². The third-order valence-electron chi connectivity index (χ3n) is 5.32. The number of carbonyl (C=O) groups is 1. The summed E-state index contributed by atoms with van der Waals surface area (Å²) in [5, 5.41) is 4.32. The highest BCUT2D eigenvalue weighted by molar-refractivity contribution is 5.94. The van der Waals surface area contributed by atoms with Gasteiger partial charge in [0, 0.05) is 24.5 Å². The third-order valence-corrected chi connectivity index (χ3v) is 5.32. The van der Waals surface area contributed by atoms with Crippen LogP contribution in [-0.4, -0.2) is 27.6 Å². The van der Waals surface area contributed by atoms with Gasteiger partial charge in [-0.1, -0.05) is 24.3 Å². The van der Waals surface area contributed by atoms with Crippen molar-refractivity contribution < 1.29 is 4.79 Å². The van der Waals surface area contributed by atoms with E-state index in [-0.39, 0.29) is 11.9 Å². The molecule has 4 nitrogen and oxygen atoms in total. The lowest BCUT2D eigenvalue weighted by molar-refractivity contribution is 0.0715. The zero-order chi connectivity index (χ0) is 18.1. The molecule has 26 heavy (non-hydrogen) atoms. The van der Waals surface area contributed by atoms with Crippen molar-refractivity contribution in [3.05, 3.63) is 83.2 Å². The van der Waals surface area contributed by atoms with Crippen LogP contribution in [0.2, 0.25) is 0 Å². The van der Waals surface area contributed by atoms with Crippen molar-refractivity contribution in [3.63, 3.8) is 0 Å². The van der Waals surface area contributed by atoms with Crippen LogP contribution in [-0.2, 0) is 6.42 Å². The van der Waals surface area contributed by atoms with E-state index in [9.17, 15) is 4.79 Å². The average molecular weight is 345 g/mol. The standard InChI is InChI=1S/C22H23N3O/c1-16-14-15-23-25(16)19-12-10-18(11-13-19)22(26)24(2)21-9-5-7-17-6-3-4-8-20(17)21/h3-4,6,8,10-15,21H,5,7,9H2,1-2H3. The number of carbonyl (C=O) groups excluding carboxylic acids is 1. The van der Waals surface area contributed by atoms with Crippen LogP contribution in [0.3, 0.4) is 0 Å². The average Bonchev–Trinajstić information content (AvgIpc) is 3.12. The molecular formula is C22H23N3O. The number of rotatable bonds is 3. The molecule has 0 N–H and O–H groups in total. The second-order valence-electron chi connectivity index (χ2n) is 6.95. The maximum Gasteiger partial charge on any atom is 0.254 e. The Bertz CT molecular complexity index is 927. The molecule has 1 heterocycles. The first-order chi connectivity index (χ1) is 12.6. The molecule has 1 unspecified atom stereocenters. The Morgan fingerprint density at radius 3 is 2.62 bits per heavy atom. The van der Waals surface area contributed by atoms with Gasteiger partial charge in [0.1, 0.15) is 0 Å². The molecule has 2 aromatic carbocycles. The quantitative estimate of drug-likeness (QED) is 0.708. The number of amides is 1. The molecule has 0 bridgehead atoms. The molecule has 0 saturated heterocycles. The molecule has 1 aliphatic carbocycles. The maximum atomic E-state index is 13.0. The Labute approximate surface area is 154 Å². The van der Waals surface area contributed by atoms with Gasteiger partial charge in [-0.05, 0) is 67.6 Å². The van der Waals surface area contributed by atoms with Crippen molar-refractivity contribution in [1.82, 2.24) is 14.7 Å². The summed E-state index contributed by atoms with van der Waals surface area (Å²) in [7, 11) is 1.92. The van der Waals surface area contributed by atoms with Gasteiger partial charge in [-0.15, -0.1) is 0 Å². The number of aromatic nitrogens is 2. The molecule has 1 aromatic heterocycles. The summed E-state index contributed by atoms with van der Waals surface area (Å²) in [6.07, 6.45) is 5.02. The molecule has 3 aromatic rings. The fraction of sp³-hybridized carbons (Fsp3) is 0.273. The molecule has 0 fully saturated rings. The lowest BCUT2D eigenvalue weighted by Crippen LogP contribution is -2.33. The Morgan fingerprint density at radius 2 is 1.88 bits per heavy atom. The number of nitrogens with zero attached hydrogens (tertiary/aromatic N) is 3. The van der Waals surface area contributed by atoms with Gasteiger partial charge in [-0.2, -0.15) is 5.10 Å². The van der Waals surface area contributed by atoms with E-state index in [1.165, 1.54) is 11.1 Å². The summed E-state index contributed by atoms with van der Waals surface area (Å²) >= 11 is 0. The van der Waals surface area contributed by atoms with E-state index in [2.05, 4.69) is 29.4 Å². The normalized spacial score (nSPS) is 16.2. The van der Waals surface area contributed by atoms with Crippen LogP contribution in [0.25, 0.3) is 5.69 Å². The van der Waals surface area contributed by atoms with E-state index < -0.39 is 0 Å². The SMILES string of the molecule is Cc1ccnn1-c1ccc(C(=O)N(C)C2CCCc3ccccc32)cc1. The number of hydrogen-bond acceptors (Lipinski definition) is 2. The van der Waals surface area contributed by atoms with E-state index in [0.29, 0.717) is 5.56 Å². The van der Waals surface area contributed by atoms with Gasteiger partial charge in [-0.25, -0.2) is 4.68 Å². The number of hydrogen-bond donors (Lipinski definition) is 0. The van der Waals surface area contributed by atoms with Gasteiger partial charge < -0.3 is 4.90 Å². The zero-order valence-corrected chi connectivity index (χ0v) is 15.2. The molecule has 0 aliphatic heterocycles. The van der Waals surface area contributed by atoms with Gasteiger partial charge in [0.05, 0.1) is 11.7 Å². The summed E-state index contributed by atoms with van der Waals surface area (Å²) in [4.78, 5) is 14.9. The molecule has 132 valence electrons. The predicted molar refractivity (Wildman–Crippen MR) is 103 cm³/mol. The summed E-state index contributed by atoms with van der Waals surface area (Å²) in [5.41, 5.74) is 5.41. The number of fused-ring (bicyclic) bond motifs is 1. The summed E-state index contributed by atoms with van der Waals surface area (Å²) < 4.78 is 1.87. The second-order valence-corrected chi connectivity index (χ2v) is 6.95. The van der Waals surface area contributed by atoms with Crippen LogP contribution in [0.15, 0.2) is 60.8 Å². The van der Waals surface area contributed by atoms with Crippen molar-refractivity contribution in [3.8, 4) is 5.69 Å². The van der Waals surface area contributed by atoms with Crippen molar-refractivity contribution >= 4 is 5.91 Å². The van der Waals surface area contributed by atoms with Crippen LogP contribution < -0.4 is 0 Å². The fourth-order valence-electron chi connectivity index (χ4n) is 3.86. The maximum absolute atomic E-state index is 13.0. The summed E-state index contributed by atoms with van der Waals surface area (Å²) in [5.74, 6) is 0.0652. The first-order valence-electron chi connectivity index (χ1n) is 9.11. The van der Waals surface area contributed by atoms with Gasteiger partial charge in [-0.3, -0.25) is 4.79 Å². The first-order valence-corrected chi connectivity index (χ1v) is 9.11. The van der Waals surface area contributed by atoms with E-state index in [1.54, 1.807) is 6.20 Å². The minimum Gasteiger partial charge on any atom is -0.335 e. The molecule has 1 atom stereocenters. The van der Waals surface area contributed by atoms with Gasteiger partial charge in [0.25, 0.3) is 5.91 Å². The highest BCUT2D eigenvalue weighted by Crippen LogP contribution is 2.34. The van der Waals surface area contributed by atoms with Gasteiger partial charge in [0.15, 0.2) is 0 Å². The molecule has 4 rings (SSSR count). The minimum absolute atomic E-state index is 0.0652. The smallest absolute Gasteiger partial charge is 0.254 e. The van der Waals surface area contributed by atoms with E-state index in [0.717, 1.165) is 30.6 Å². The molecule has 1 amide bonds. The van der Waals surface area contributed by atoms with Crippen LogP contribution in [0.5, 0.6) is 0 Å². The molecule has 0 saturated carbocycles. The second kappa shape index (κ2) is 6.79. The molecular weight excluding hydrogens is 322 g/mol. The first kappa shape index (κ1) is 16.6. The highest BCUT2D eigenvalue weighted by Gasteiger charge is 2.27. The van der Waals surface area contributed by atoms with Gasteiger partial charge in [0.2, 0.25) is 0 Å². The summed E-state index contributed by atoms with van der Waals surface area (Å²) in [6, 6.07) is 18.3. The van der Waals surface area contributed by atoms with Crippen LogP contribution in [0.1, 0.15) is 46.1 Å². The van der Waals surface area contributed by atoms with Crippen molar-refractivity contribution in [2.75, 3.05) is 7.05 Å². The molecule has 0 radical (unpaired) electrons. The summed E-state index contributed by atoms with van der Waals surface area (Å²) in [6.45, 7) is 2.01. The van der Waals surface area contributed by atoms with Crippen LogP contribution in [0.4, 0.5) is 0 Å². The molecule has 1 aliphatic rings. The van der Waals surface area contributed by atoms with Crippen LogP contribution >= 0.6 is 0 Å². The Hall–Kier alpha value is -2.88. The van der Waals surface area contributed by atoms with Crippen LogP contribution in [0, 0.1) is 6.92 Å². The Balaban J connectivity index is 1.57. The van der Waals surface area contributed by atoms with Crippen molar-refractivity contribution in [2.24, 2.45) is 0 Å². The number of benzene rings is 2.